The van der Waals surface area contributed by atoms with Gasteiger partial charge in [-0.25, -0.2) is 0 Å². The second-order valence-electron chi connectivity index (χ2n) is 5.57. The third-order valence-corrected chi connectivity index (χ3v) is 3.56. The van der Waals surface area contributed by atoms with Crippen LogP contribution in [0.1, 0.15) is 37.0 Å². The van der Waals surface area contributed by atoms with E-state index in [-0.39, 0.29) is 28.3 Å². The van der Waals surface area contributed by atoms with Crippen molar-refractivity contribution in [1.29, 1.82) is 0 Å². The molecule has 6 nitrogen and oxygen atoms in total. The zero-order valence-electron chi connectivity index (χ0n) is 12.1. The zero-order valence-corrected chi connectivity index (χ0v) is 12.8. The van der Waals surface area contributed by atoms with Crippen LogP contribution in [0.15, 0.2) is 18.2 Å². The lowest BCUT2D eigenvalue weighted by molar-refractivity contribution is -0.384. The molecule has 2 N–H and O–H groups in total. The van der Waals surface area contributed by atoms with Crippen LogP contribution < -0.4 is 5.32 Å². The summed E-state index contributed by atoms with van der Waals surface area (Å²) in [7, 11) is 0. The molecule has 0 aliphatic rings. The summed E-state index contributed by atoms with van der Waals surface area (Å²) >= 11 is 5.90. The normalized spacial score (nSPS) is 11.2. The Balaban J connectivity index is 2.77. The van der Waals surface area contributed by atoms with Crippen molar-refractivity contribution in [2.24, 2.45) is 5.41 Å². The number of halogens is 1. The van der Waals surface area contributed by atoms with Crippen LogP contribution in [0.2, 0.25) is 5.02 Å². The maximum Gasteiger partial charge on any atom is 0.288 e. The van der Waals surface area contributed by atoms with E-state index in [9.17, 15) is 14.9 Å². The van der Waals surface area contributed by atoms with Gasteiger partial charge in [0.05, 0.1) is 10.5 Å². The van der Waals surface area contributed by atoms with Crippen molar-refractivity contribution in [3.8, 4) is 0 Å². The molecule has 21 heavy (non-hydrogen) atoms. The molecule has 0 heterocycles. The second-order valence-corrected chi connectivity index (χ2v) is 5.95. The number of hydrogen-bond acceptors (Lipinski definition) is 4. The SMILES string of the molecule is CC(C)(CCCO)CNC(=O)c1cccc([N+](=O)[O-])c1Cl. The molecule has 0 fully saturated rings. The Kier molecular flexibility index (Phi) is 6.11. The highest BCUT2D eigenvalue weighted by molar-refractivity contribution is 6.35. The smallest absolute Gasteiger partial charge is 0.288 e. The van der Waals surface area contributed by atoms with E-state index < -0.39 is 10.8 Å². The van der Waals surface area contributed by atoms with Crippen LogP contribution in [0.4, 0.5) is 5.69 Å². The van der Waals surface area contributed by atoms with Crippen LogP contribution in [-0.4, -0.2) is 29.1 Å². The van der Waals surface area contributed by atoms with Crippen molar-refractivity contribution < 1.29 is 14.8 Å². The molecule has 1 aromatic rings. The summed E-state index contributed by atoms with van der Waals surface area (Å²) in [6.45, 7) is 4.44. The quantitative estimate of drug-likeness (QED) is 0.598. The summed E-state index contributed by atoms with van der Waals surface area (Å²) in [5.74, 6) is -0.444. The summed E-state index contributed by atoms with van der Waals surface area (Å²) in [5.41, 5.74) is -0.376. The van der Waals surface area contributed by atoms with E-state index >= 15 is 0 Å². The average Bonchev–Trinajstić information content (AvgIpc) is 2.42. The average molecular weight is 315 g/mol. The van der Waals surface area contributed by atoms with E-state index in [1.807, 2.05) is 13.8 Å². The Morgan fingerprint density at radius 2 is 2.14 bits per heavy atom. The highest BCUT2D eigenvalue weighted by Crippen LogP contribution is 2.28. The molecular weight excluding hydrogens is 296 g/mol. The number of hydrogen-bond donors (Lipinski definition) is 2. The summed E-state index contributed by atoms with van der Waals surface area (Å²) in [4.78, 5) is 22.3. The molecule has 7 heteroatoms. The van der Waals surface area contributed by atoms with Gasteiger partial charge in [0, 0.05) is 19.2 Å². The predicted molar refractivity (Wildman–Crippen MR) is 80.5 cm³/mol. The Bertz CT molecular complexity index is 532. The maximum absolute atomic E-state index is 12.1. The number of carbonyl (C=O) groups excluding carboxylic acids is 1. The molecular formula is C14H19ClN2O4. The van der Waals surface area contributed by atoms with Gasteiger partial charge in [-0.1, -0.05) is 31.5 Å². The second kappa shape index (κ2) is 7.38. The van der Waals surface area contributed by atoms with Gasteiger partial charge in [-0.3, -0.25) is 14.9 Å². The Morgan fingerprint density at radius 3 is 2.71 bits per heavy atom. The minimum atomic E-state index is -0.621. The zero-order chi connectivity index (χ0) is 16.0. The molecule has 0 aliphatic carbocycles. The van der Waals surface area contributed by atoms with Gasteiger partial charge >= 0.3 is 0 Å². The van der Waals surface area contributed by atoms with Crippen LogP contribution in [0.3, 0.4) is 0 Å². The maximum atomic E-state index is 12.1. The third-order valence-electron chi connectivity index (χ3n) is 3.16. The summed E-state index contributed by atoms with van der Waals surface area (Å²) in [5, 5.41) is 22.2. The lowest BCUT2D eigenvalue weighted by Gasteiger charge is -2.24. The molecule has 0 bridgehead atoms. The number of nitrogens with one attached hydrogen (secondary N) is 1. The number of amides is 1. The number of benzene rings is 1. The summed E-state index contributed by atoms with van der Waals surface area (Å²) in [6.07, 6.45) is 1.41. The van der Waals surface area contributed by atoms with Gasteiger partial charge in [0.1, 0.15) is 5.02 Å². The number of carbonyl (C=O) groups is 1. The van der Waals surface area contributed by atoms with Crippen LogP contribution in [0.25, 0.3) is 0 Å². The van der Waals surface area contributed by atoms with Gasteiger partial charge in [0.25, 0.3) is 11.6 Å². The van der Waals surface area contributed by atoms with Gasteiger partial charge < -0.3 is 10.4 Å². The fourth-order valence-corrected chi connectivity index (χ4v) is 2.18. The van der Waals surface area contributed by atoms with Gasteiger partial charge in [0.2, 0.25) is 0 Å². The molecule has 116 valence electrons. The van der Waals surface area contributed by atoms with Crippen molar-refractivity contribution in [3.05, 3.63) is 38.9 Å². The molecule has 0 saturated carbocycles. The molecule has 0 aromatic heterocycles. The largest absolute Gasteiger partial charge is 0.396 e. The Morgan fingerprint density at radius 1 is 1.48 bits per heavy atom. The van der Waals surface area contributed by atoms with Crippen LogP contribution in [-0.2, 0) is 0 Å². The first-order chi connectivity index (χ1) is 9.78. The molecule has 0 atom stereocenters. The Hall–Kier alpha value is -1.66. The van der Waals surface area contributed by atoms with Gasteiger partial charge in [-0.05, 0) is 24.3 Å². The van der Waals surface area contributed by atoms with Crippen molar-refractivity contribution in [3.63, 3.8) is 0 Å². The molecule has 1 rings (SSSR count). The topological polar surface area (TPSA) is 92.5 Å². The number of nitro benzene ring substituents is 1. The molecule has 0 radical (unpaired) electrons. The van der Waals surface area contributed by atoms with E-state index in [1.165, 1.54) is 18.2 Å². The number of aliphatic hydroxyl groups is 1. The number of rotatable bonds is 7. The minimum absolute atomic E-state index is 0.0869. The first kappa shape index (κ1) is 17.4. The molecule has 0 saturated heterocycles. The fraction of sp³-hybridized carbons (Fsp3) is 0.500. The van der Waals surface area contributed by atoms with Crippen LogP contribution >= 0.6 is 11.6 Å². The standard InChI is InChI=1S/C14H19ClN2O4/c1-14(2,7-4-8-18)9-16-13(19)10-5-3-6-11(12(10)15)17(20)21/h3,5-6,18H,4,7-9H2,1-2H3,(H,16,19). The lowest BCUT2D eigenvalue weighted by Crippen LogP contribution is -2.34. The predicted octanol–water partition coefficient (Wildman–Crippen LogP) is 2.78. The molecule has 0 spiro atoms. The number of aliphatic hydroxyl groups excluding tert-OH is 1. The molecule has 0 aliphatic heterocycles. The fourth-order valence-electron chi connectivity index (χ4n) is 1.90. The van der Waals surface area contributed by atoms with E-state index in [0.717, 1.165) is 6.42 Å². The molecule has 1 amide bonds. The van der Waals surface area contributed by atoms with Crippen molar-refractivity contribution in [1.82, 2.24) is 5.32 Å². The number of nitro groups is 1. The molecule has 1 aromatic carbocycles. The summed E-state index contributed by atoms with van der Waals surface area (Å²) in [6, 6.07) is 4.13. The van der Waals surface area contributed by atoms with Crippen LogP contribution in [0, 0.1) is 15.5 Å². The third kappa shape index (κ3) is 4.99. The first-order valence-corrected chi connectivity index (χ1v) is 6.98. The molecule has 0 unspecified atom stereocenters. The minimum Gasteiger partial charge on any atom is -0.396 e. The highest BCUT2D eigenvalue weighted by atomic mass is 35.5. The lowest BCUT2D eigenvalue weighted by atomic mass is 9.88. The van der Waals surface area contributed by atoms with Gasteiger partial charge in [-0.2, -0.15) is 0 Å². The van der Waals surface area contributed by atoms with Crippen molar-refractivity contribution >= 4 is 23.2 Å². The highest BCUT2D eigenvalue weighted by Gasteiger charge is 2.22. The van der Waals surface area contributed by atoms with Gasteiger partial charge in [-0.15, -0.1) is 0 Å². The van der Waals surface area contributed by atoms with Crippen molar-refractivity contribution in [2.45, 2.75) is 26.7 Å². The van der Waals surface area contributed by atoms with Crippen molar-refractivity contribution in [2.75, 3.05) is 13.2 Å². The van der Waals surface area contributed by atoms with E-state index in [4.69, 9.17) is 16.7 Å². The van der Waals surface area contributed by atoms with E-state index in [1.54, 1.807) is 0 Å². The Labute approximate surface area is 128 Å². The summed E-state index contributed by atoms with van der Waals surface area (Å²) < 4.78 is 0. The van der Waals surface area contributed by atoms with Gasteiger partial charge in [0.15, 0.2) is 0 Å². The number of nitrogens with zero attached hydrogens (tertiary/aromatic N) is 1. The van der Waals surface area contributed by atoms with E-state index in [2.05, 4.69) is 5.32 Å². The van der Waals surface area contributed by atoms with Crippen LogP contribution in [0.5, 0.6) is 0 Å². The monoisotopic (exact) mass is 314 g/mol. The van der Waals surface area contributed by atoms with E-state index in [0.29, 0.717) is 13.0 Å². The first-order valence-electron chi connectivity index (χ1n) is 6.60.